The summed E-state index contributed by atoms with van der Waals surface area (Å²) in [5, 5.41) is 16.8. The molecular weight excluding hydrogens is 478 g/mol. The molecule has 2 aromatic carbocycles. The molecule has 2 aliphatic heterocycles. The van der Waals surface area contributed by atoms with Crippen molar-refractivity contribution in [1.29, 1.82) is 0 Å². The predicted molar refractivity (Wildman–Crippen MR) is 119 cm³/mol. The highest BCUT2D eigenvalue weighted by atomic mass is 79.9. The Labute approximate surface area is 191 Å². The van der Waals surface area contributed by atoms with Gasteiger partial charge in [0, 0.05) is 39.6 Å². The van der Waals surface area contributed by atoms with Gasteiger partial charge in [0.05, 0.1) is 18.9 Å². The molecule has 4 N–H and O–H groups in total. The van der Waals surface area contributed by atoms with Gasteiger partial charge < -0.3 is 14.8 Å². The number of imide groups is 1. The van der Waals surface area contributed by atoms with E-state index in [1.54, 1.807) is 24.4 Å². The molecule has 2 aliphatic rings. The molecule has 4 unspecified atom stereocenters. The van der Waals surface area contributed by atoms with Crippen molar-refractivity contribution in [3.8, 4) is 5.75 Å². The van der Waals surface area contributed by atoms with Crippen molar-refractivity contribution in [2.24, 2.45) is 11.8 Å². The van der Waals surface area contributed by atoms with E-state index in [0.29, 0.717) is 11.3 Å². The highest BCUT2D eigenvalue weighted by molar-refractivity contribution is 9.10. The summed E-state index contributed by atoms with van der Waals surface area (Å²) in [5.74, 6) is -3.70. The number of H-pyrrole nitrogens is 1. The van der Waals surface area contributed by atoms with Gasteiger partial charge in [0.25, 0.3) is 0 Å². The summed E-state index contributed by atoms with van der Waals surface area (Å²) in [6.45, 7) is 0. The fraction of sp³-hybridized carbons (Fsp3) is 0.261. The molecule has 3 aromatic rings. The molecule has 2 fully saturated rings. The van der Waals surface area contributed by atoms with E-state index >= 15 is 0 Å². The van der Waals surface area contributed by atoms with Crippen LogP contribution < -0.4 is 15.4 Å². The van der Waals surface area contributed by atoms with Crippen LogP contribution in [0, 0.1) is 11.8 Å². The third kappa shape index (κ3) is 2.96. The van der Waals surface area contributed by atoms with Crippen LogP contribution in [-0.4, -0.2) is 40.5 Å². The minimum Gasteiger partial charge on any atom is -0.496 e. The van der Waals surface area contributed by atoms with Crippen LogP contribution in [0.25, 0.3) is 10.9 Å². The molecule has 8 nitrogen and oxygen atoms in total. The van der Waals surface area contributed by atoms with Crippen LogP contribution in [0.3, 0.4) is 0 Å². The lowest BCUT2D eigenvalue weighted by molar-refractivity contribution is -0.149. The molecule has 164 valence electrons. The Bertz CT molecular complexity index is 1270. The number of amides is 2. The first-order valence-corrected chi connectivity index (χ1v) is 10.9. The Morgan fingerprint density at radius 3 is 2.72 bits per heavy atom. The van der Waals surface area contributed by atoms with Crippen LogP contribution in [-0.2, 0) is 20.8 Å². The third-order valence-electron chi connectivity index (χ3n) is 6.55. The Morgan fingerprint density at radius 1 is 1.19 bits per heavy atom. The van der Waals surface area contributed by atoms with E-state index in [1.165, 1.54) is 7.11 Å². The lowest BCUT2D eigenvalue weighted by Gasteiger charge is -2.30. The number of para-hydroxylation sites is 1. The quantitative estimate of drug-likeness (QED) is 0.402. The van der Waals surface area contributed by atoms with Crippen molar-refractivity contribution < 1.29 is 24.2 Å². The van der Waals surface area contributed by atoms with Crippen LogP contribution in [0.2, 0.25) is 0 Å². The van der Waals surface area contributed by atoms with Crippen molar-refractivity contribution in [3.05, 3.63) is 64.3 Å². The van der Waals surface area contributed by atoms with Crippen molar-refractivity contribution in [1.82, 2.24) is 15.6 Å². The Kier molecular flexibility index (Phi) is 4.83. The van der Waals surface area contributed by atoms with Crippen LogP contribution >= 0.6 is 15.9 Å². The topological polar surface area (TPSA) is 121 Å². The van der Waals surface area contributed by atoms with Crippen molar-refractivity contribution >= 4 is 44.6 Å². The number of hydrogen-bond donors (Lipinski definition) is 4. The first-order chi connectivity index (χ1) is 15.4. The van der Waals surface area contributed by atoms with Gasteiger partial charge in [-0.2, -0.15) is 0 Å². The Morgan fingerprint density at radius 2 is 1.97 bits per heavy atom. The van der Waals surface area contributed by atoms with Gasteiger partial charge in [0.2, 0.25) is 11.8 Å². The van der Waals surface area contributed by atoms with Crippen LogP contribution in [0.15, 0.2) is 53.1 Å². The number of rotatable bonds is 5. The number of nitrogens with one attached hydrogen (secondary N) is 3. The number of aromatic nitrogens is 1. The SMILES string of the molecule is COc1ccc(Br)cc1C1NC(Cc2c[nH]c3ccccc23)(C(=O)O)C2C(=O)NC(=O)C12. The standard InChI is InChI=1S/C23H20BrN3O5/c1-32-16-7-6-12(24)8-14(16)19-17-18(21(29)26-20(17)28)23(27-19,22(30)31)9-11-10-25-15-5-3-2-4-13(11)15/h2-8,10,17-19,25,27H,9H2,1H3,(H,30,31)(H,26,28,29). The van der Waals surface area contributed by atoms with Crippen molar-refractivity contribution in [2.45, 2.75) is 18.0 Å². The normalized spacial score (nSPS) is 26.9. The van der Waals surface area contributed by atoms with Crippen LogP contribution in [0.5, 0.6) is 5.75 Å². The maximum atomic E-state index is 12.9. The zero-order valence-corrected chi connectivity index (χ0v) is 18.6. The Hall–Kier alpha value is -3.17. The van der Waals surface area contributed by atoms with Gasteiger partial charge in [-0.25, -0.2) is 0 Å². The molecule has 0 saturated carbocycles. The molecule has 4 atom stereocenters. The Balaban J connectivity index is 1.66. The largest absolute Gasteiger partial charge is 0.496 e. The average molecular weight is 498 g/mol. The van der Waals surface area contributed by atoms with Gasteiger partial charge in [0.15, 0.2) is 0 Å². The van der Waals surface area contributed by atoms with Gasteiger partial charge in [-0.15, -0.1) is 0 Å². The van der Waals surface area contributed by atoms with E-state index < -0.39 is 41.2 Å². The molecule has 0 bridgehead atoms. The molecule has 0 spiro atoms. The molecule has 3 heterocycles. The molecular formula is C23H20BrN3O5. The summed E-state index contributed by atoms with van der Waals surface area (Å²) in [7, 11) is 1.51. The fourth-order valence-electron chi connectivity index (χ4n) is 5.16. The van der Waals surface area contributed by atoms with Crippen LogP contribution in [0.1, 0.15) is 17.2 Å². The molecule has 2 amide bonds. The predicted octanol–water partition coefficient (Wildman–Crippen LogP) is 2.54. The average Bonchev–Trinajstić information content (AvgIpc) is 3.42. The van der Waals surface area contributed by atoms with E-state index in [0.717, 1.165) is 20.9 Å². The van der Waals surface area contributed by atoms with Crippen molar-refractivity contribution in [3.63, 3.8) is 0 Å². The van der Waals surface area contributed by atoms with E-state index in [4.69, 9.17) is 4.74 Å². The first kappa shape index (κ1) is 20.7. The second-order valence-corrected chi connectivity index (χ2v) is 9.09. The number of benzene rings is 2. The number of halogens is 1. The number of hydrogen-bond acceptors (Lipinski definition) is 5. The van der Waals surface area contributed by atoms with E-state index in [2.05, 4.69) is 31.5 Å². The summed E-state index contributed by atoms with van der Waals surface area (Å²) in [6.07, 6.45) is 1.79. The zero-order valence-electron chi connectivity index (χ0n) is 17.0. The first-order valence-electron chi connectivity index (χ1n) is 10.1. The molecule has 0 aliphatic carbocycles. The minimum atomic E-state index is -1.68. The van der Waals surface area contributed by atoms with E-state index in [1.807, 2.05) is 24.3 Å². The van der Waals surface area contributed by atoms with Gasteiger partial charge in [-0.1, -0.05) is 34.1 Å². The molecule has 1 aromatic heterocycles. The van der Waals surface area contributed by atoms with Crippen molar-refractivity contribution in [2.75, 3.05) is 7.11 Å². The molecule has 0 radical (unpaired) electrons. The monoisotopic (exact) mass is 497 g/mol. The highest BCUT2D eigenvalue weighted by Crippen LogP contribution is 2.50. The molecule has 32 heavy (non-hydrogen) atoms. The summed E-state index contributed by atoms with van der Waals surface area (Å²) in [6, 6.07) is 12.2. The minimum absolute atomic E-state index is 0.0288. The number of carboxylic acids is 1. The third-order valence-corrected chi connectivity index (χ3v) is 7.04. The van der Waals surface area contributed by atoms with Gasteiger partial charge >= 0.3 is 5.97 Å². The number of methoxy groups -OCH3 is 1. The van der Waals surface area contributed by atoms with Gasteiger partial charge in [-0.05, 0) is 29.8 Å². The maximum Gasteiger partial charge on any atom is 0.325 e. The smallest absolute Gasteiger partial charge is 0.325 e. The second kappa shape index (κ2) is 7.46. The summed E-state index contributed by atoms with van der Waals surface area (Å²) in [5.41, 5.74) is 0.561. The second-order valence-electron chi connectivity index (χ2n) is 8.18. The number of aromatic amines is 1. The zero-order chi connectivity index (χ0) is 22.6. The number of aliphatic carboxylic acids is 1. The number of carbonyl (C=O) groups excluding carboxylic acids is 2. The summed E-state index contributed by atoms with van der Waals surface area (Å²) < 4.78 is 6.24. The van der Waals surface area contributed by atoms with Gasteiger partial charge in [0.1, 0.15) is 11.3 Å². The molecule has 2 saturated heterocycles. The molecule has 9 heteroatoms. The lowest BCUT2D eigenvalue weighted by atomic mass is 9.76. The summed E-state index contributed by atoms with van der Waals surface area (Å²) in [4.78, 5) is 41.7. The molecule has 5 rings (SSSR count). The highest BCUT2D eigenvalue weighted by Gasteiger charge is 2.66. The van der Waals surface area contributed by atoms with E-state index in [-0.39, 0.29) is 6.42 Å². The van der Waals surface area contributed by atoms with Crippen LogP contribution in [0.4, 0.5) is 0 Å². The summed E-state index contributed by atoms with van der Waals surface area (Å²) >= 11 is 3.43. The maximum absolute atomic E-state index is 12.9. The number of carboxylic acid groups (broad SMARTS) is 1. The fourth-order valence-corrected chi connectivity index (χ4v) is 5.54. The van der Waals surface area contributed by atoms with E-state index in [9.17, 15) is 19.5 Å². The number of carbonyl (C=O) groups is 3. The van der Waals surface area contributed by atoms with Gasteiger partial charge in [-0.3, -0.25) is 25.0 Å². The number of ether oxygens (including phenoxy) is 1. The number of fused-ring (bicyclic) bond motifs is 2. The lowest BCUT2D eigenvalue weighted by Crippen LogP contribution is -2.57.